The van der Waals surface area contributed by atoms with Gasteiger partial charge >= 0.3 is 0 Å². The van der Waals surface area contributed by atoms with Crippen LogP contribution in [0.25, 0.3) is 10.9 Å². The van der Waals surface area contributed by atoms with Crippen molar-refractivity contribution in [1.29, 1.82) is 0 Å². The molecule has 0 aliphatic rings. The molecule has 0 aliphatic carbocycles. The summed E-state index contributed by atoms with van der Waals surface area (Å²) in [6.07, 6.45) is 2.55. The summed E-state index contributed by atoms with van der Waals surface area (Å²) in [5.74, 6) is 6.17. The molecule has 0 radical (unpaired) electrons. The molecule has 3 nitrogen and oxygen atoms in total. The number of aromatic amines is 1. The molecule has 76 valence electrons. The summed E-state index contributed by atoms with van der Waals surface area (Å²) in [5.41, 5.74) is 8.66. The molecule has 2 aromatic rings. The smallest absolute Gasteiger partial charge is 0.0653 e. The Labute approximate surface area is 88.7 Å². The fourth-order valence-corrected chi connectivity index (χ4v) is 1.46. The van der Waals surface area contributed by atoms with Crippen LogP contribution >= 0.6 is 0 Å². The number of nitrogens with two attached hydrogens (primary N) is 1. The second-order valence-electron chi connectivity index (χ2n) is 3.46. The Hall–Kier alpha value is -1.79. The molecule has 0 saturated heterocycles. The molecule has 0 saturated carbocycles. The van der Waals surface area contributed by atoms with Crippen molar-refractivity contribution in [1.82, 2.24) is 10.2 Å². The lowest BCUT2D eigenvalue weighted by Gasteiger charge is -1.97. The molecular formula is C12H13N3. The highest BCUT2D eigenvalue weighted by molar-refractivity contribution is 5.80. The summed E-state index contributed by atoms with van der Waals surface area (Å²) in [4.78, 5) is 0. The molecule has 0 bridgehead atoms. The number of aromatic nitrogens is 2. The third kappa shape index (κ3) is 2.00. The topological polar surface area (TPSA) is 54.7 Å². The Morgan fingerprint density at radius 2 is 2.33 bits per heavy atom. The molecule has 1 aromatic carbocycles. The Morgan fingerprint density at radius 3 is 3.13 bits per heavy atom. The van der Waals surface area contributed by atoms with E-state index in [0.717, 1.165) is 28.5 Å². The fraction of sp³-hybridized carbons (Fsp3) is 0.250. The molecule has 1 aromatic heterocycles. The molecule has 0 aliphatic heterocycles. The highest BCUT2D eigenvalue weighted by Crippen LogP contribution is 2.16. The van der Waals surface area contributed by atoms with Gasteiger partial charge in [0.2, 0.25) is 0 Å². The minimum Gasteiger partial charge on any atom is -0.330 e. The third-order valence-corrected chi connectivity index (χ3v) is 2.28. The van der Waals surface area contributed by atoms with Crippen molar-refractivity contribution in [3.8, 4) is 11.8 Å². The summed E-state index contributed by atoms with van der Waals surface area (Å²) >= 11 is 0. The molecule has 0 atom stereocenters. The summed E-state index contributed by atoms with van der Waals surface area (Å²) < 4.78 is 0. The minimum absolute atomic E-state index is 0.611. The van der Waals surface area contributed by atoms with Crippen LogP contribution in [0.15, 0.2) is 18.3 Å². The van der Waals surface area contributed by atoms with Crippen molar-refractivity contribution < 1.29 is 0 Å². The fourth-order valence-electron chi connectivity index (χ4n) is 1.46. The summed E-state index contributed by atoms with van der Waals surface area (Å²) in [5, 5.41) is 8.02. The van der Waals surface area contributed by atoms with E-state index in [0.29, 0.717) is 6.54 Å². The van der Waals surface area contributed by atoms with Gasteiger partial charge in [0, 0.05) is 23.9 Å². The van der Waals surface area contributed by atoms with Crippen LogP contribution in [0, 0.1) is 18.8 Å². The van der Waals surface area contributed by atoms with E-state index in [4.69, 9.17) is 5.73 Å². The van der Waals surface area contributed by atoms with Gasteiger partial charge in [-0.15, -0.1) is 0 Å². The Morgan fingerprint density at radius 1 is 1.47 bits per heavy atom. The second kappa shape index (κ2) is 4.16. The summed E-state index contributed by atoms with van der Waals surface area (Å²) in [7, 11) is 0. The maximum Gasteiger partial charge on any atom is 0.0653 e. The van der Waals surface area contributed by atoms with Crippen LogP contribution in [0.2, 0.25) is 0 Å². The van der Waals surface area contributed by atoms with Crippen LogP contribution in [0.5, 0.6) is 0 Å². The molecule has 0 amide bonds. The molecule has 0 unspecified atom stereocenters. The first-order valence-electron chi connectivity index (χ1n) is 4.94. The zero-order valence-corrected chi connectivity index (χ0v) is 8.67. The molecule has 3 heteroatoms. The zero-order chi connectivity index (χ0) is 10.7. The lowest BCUT2D eigenvalue weighted by atomic mass is 10.1. The van der Waals surface area contributed by atoms with E-state index in [9.17, 15) is 0 Å². The number of nitrogens with zero attached hydrogens (tertiary/aromatic N) is 1. The van der Waals surface area contributed by atoms with Crippen molar-refractivity contribution in [2.24, 2.45) is 5.73 Å². The van der Waals surface area contributed by atoms with Crippen LogP contribution in [0.4, 0.5) is 0 Å². The van der Waals surface area contributed by atoms with E-state index >= 15 is 0 Å². The lowest BCUT2D eigenvalue weighted by Crippen LogP contribution is -1.95. The SMILES string of the molecule is Cc1cc2[nH]ncc2cc1C#CCCN. The van der Waals surface area contributed by atoms with Crippen LogP contribution in [0.3, 0.4) is 0 Å². The third-order valence-electron chi connectivity index (χ3n) is 2.28. The molecule has 3 N–H and O–H groups in total. The van der Waals surface area contributed by atoms with Gasteiger partial charge in [0.25, 0.3) is 0 Å². The number of rotatable bonds is 1. The largest absolute Gasteiger partial charge is 0.330 e. The van der Waals surface area contributed by atoms with Crippen LogP contribution in [-0.4, -0.2) is 16.7 Å². The number of hydrogen-bond acceptors (Lipinski definition) is 2. The van der Waals surface area contributed by atoms with Crippen molar-refractivity contribution in [2.75, 3.05) is 6.54 Å². The van der Waals surface area contributed by atoms with Crippen LogP contribution in [0.1, 0.15) is 17.5 Å². The van der Waals surface area contributed by atoms with E-state index < -0.39 is 0 Å². The van der Waals surface area contributed by atoms with Crippen LogP contribution in [-0.2, 0) is 0 Å². The lowest BCUT2D eigenvalue weighted by molar-refractivity contribution is 1.03. The highest BCUT2D eigenvalue weighted by Gasteiger charge is 2.00. The van der Waals surface area contributed by atoms with Gasteiger partial charge in [0.05, 0.1) is 11.7 Å². The molecule has 1 heterocycles. The standard InChI is InChI=1S/C12H13N3/c1-9-6-12-11(8-14-15-12)7-10(9)4-2-3-5-13/h6-8H,3,5,13H2,1H3,(H,14,15). The first kappa shape index (κ1) is 9.75. The van der Waals surface area contributed by atoms with Gasteiger partial charge < -0.3 is 5.73 Å². The Balaban J connectivity index is 2.43. The number of benzene rings is 1. The number of fused-ring (bicyclic) bond motifs is 1. The van der Waals surface area contributed by atoms with Crippen molar-refractivity contribution >= 4 is 10.9 Å². The predicted octanol–water partition coefficient (Wildman–Crippen LogP) is 1.57. The van der Waals surface area contributed by atoms with Crippen molar-refractivity contribution in [3.05, 3.63) is 29.5 Å². The van der Waals surface area contributed by atoms with Gasteiger partial charge in [-0.2, -0.15) is 5.10 Å². The average molecular weight is 199 g/mol. The Bertz CT molecular complexity index is 529. The maximum absolute atomic E-state index is 5.39. The van der Waals surface area contributed by atoms with Crippen molar-refractivity contribution in [2.45, 2.75) is 13.3 Å². The van der Waals surface area contributed by atoms with Gasteiger partial charge in [-0.25, -0.2) is 0 Å². The summed E-state index contributed by atoms with van der Waals surface area (Å²) in [6.45, 7) is 2.66. The average Bonchev–Trinajstić information content (AvgIpc) is 2.65. The highest BCUT2D eigenvalue weighted by atomic mass is 15.1. The number of nitrogens with one attached hydrogen (secondary N) is 1. The predicted molar refractivity (Wildman–Crippen MR) is 61.4 cm³/mol. The molecule has 2 rings (SSSR count). The van der Waals surface area contributed by atoms with E-state index in [1.54, 1.807) is 0 Å². The van der Waals surface area contributed by atoms with E-state index in [-0.39, 0.29) is 0 Å². The summed E-state index contributed by atoms with van der Waals surface area (Å²) in [6, 6.07) is 4.12. The van der Waals surface area contributed by atoms with E-state index in [1.165, 1.54) is 0 Å². The molecule has 15 heavy (non-hydrogen) atoms. The monoisotopic (exact) mass is 199 g/mol. The van der Waals surface area contributed by atoms with E-state index in [2.05, 4.69) is 34.2 Å². The van der Waals surface area contributed by atoms with Crippen molar-refractivity contribution in [3.63, 3.8) is 0 Å². The second-order valence-corrected chi connectivity index (χ2v) is 3.46. The van der Waals surface area contributed by atoms with Gasteiger partial charge in [0.15, 0.2) is 0 Å². The van der Waals surface area contributed by atoms with Gasteiger partial charge in [-0.05, 0) is 24.6 Å². The number of H-pyrrole nitrogens is 1. The number of aryl methyl sites for hydroxylation is 1. The minimum atomic E-state index is 0.611. The normalized spacial score (nSPS) is 10.0. The van der Waals surface area contributed by atoms with Crippen LogP contribution < -0.4 is 5.73 Å². The van der Waals surface area contributed by atoms with Gasteiger partial charge in [-0.1, -0.05) is 11.8 Å². The first-order chi connectivity index (χ1) is 7.31. The maximum atomic E-state index is 5.39. The molecule has 0 fully saturated rings. The van der Waals surface area contributed by atoms with Gasteiger partial charge in [0.1, 0.15) is 0 Å². The first-order valence-corrected chi connectivity index (χ1v) is 4.94. The molecular weight excluding hydrogens is 186 g/mol. The Kier molecular flexibility index (Phi) is 2.70. The van der Waals surface area contributed by atoms with E-state index in [1.807, 2.05) is 13.1 Å². The zero-order valence-electron chi connectivity index (χ0n) is 8.67. The molecule has 0 spiro atoms. The van der Waals surface area contributed by atoms with Gasteiger partial charge in [-0.3, -0.25) is 5.10 Å². The quantitative estimate of drug-likeness (QED) is 0.685. The number of hydrogen-bond donors (Lipinski definition) is 2.